The second-order valence-corrected chi connectivity index (χ2v) is 10.0. The standard InChI is InChI=1S/C27H32N2O6S/c1-6-35-23-13-9-21(10-14-23)20(3)28-27(30)18-29(22-11-7-19(2)8-12-22)36(31,32)24-15-16-25(33-4)26(17-24)34-5/h7-17,20H,6,18H2,1-5H3,(H,28,30). The van der Waals surface area contributed by atoms with Crippen molar-refractivity contribution in [3.05, 3.63) is 77.9 Å². The number of nitrogens with one attached hydrogen (secondary N) is 1. The zero-order valence-electron chi connectivity index (χ0n) is 21.1. The fraction of sp³-hybridized carbons (Fsp3) is 0.296. The normalized spacial score (nSPS) is 11.9. The van der Waals surface area contributed by atoms with E-state index < -0.39 is 22.5 Å². The van der Waals surface area contributed by atoms with Crippen molar-refractivity contribution in [2.45, 2.75) is 31.7 Å². The molecule has 0 heterocycles. The number of carbonyl (C=O) groups excluding carboxylic acids is 1. The van der Waals surface area contributed by atoms with Gasteiger partial charge in [-0.05, 0) is 62.7 Å². The number of hydrogen-bond donors (Lipinski definition) is 1. The van der Waals surface area contributed by atoms with E-state index in [4.69, 9.17) is 14.2 Å². The molecule has 1 unspecified atom stereocenters. The van der Waals surface area contributed by atoms with Gasteiger partial charge >= 0.3 is 0 Å². The van der Waals surface area contributed by atoms with Crippen LogP contribution in [0.4, 0.5) is 5.69 Å². The molecule has 1 amide bonds. The third kappa shape index (κ3) is 6.28. The molecule has 0 bridgehead atoms. The first-order valence-electron chi connectivity index (χ1n) is 11.5. The van der Waals surface area contributed by atoms with E-state index in [9.17, 15) is 13.2 Å². The monoisotopic (exact) mass is 512 g/mol. The number of ether oxygens (including phenoxy) is 3. The smallest absolute Gasteiger partial charge is 0.264 e. The van der Waals surface area contributed by atoms with Crippen LogP contribution in [0.1, 0.15) is 31.0 Å². The highest BCUT2D eigenvalue weighted by Crippen LogP contribution is 2.32. The topological polar surface area (TPSA) is 94.2 Å². The molecule has 3 rings (SSSR count). The summed E-state index contributed by atoms with van der Waals surface area (Å²) in [6.45, 7) is 5.82. The number of hydrogen-bond acceptors (Lipinski definition) is 6. The molecule has 0 saturated heterocycles. The maximum absolute atomic E-state index is 13.7. The van der Waals surface area contributed by atoms with Gasteiger partial charge in [0, 0.05) is 6.07 Å². The van der Waals surface area contributed by atoms with Crippen molar-refractivity contribution in [2.24, 2.45) is 0 Å². The number of methoxy groups -OCH3 is 2. The van der Waals surface area contributed by atoms with Crippen LogP contribution in [0.25, 0.3) is 0 Å². The van der Waals surface area contributed by atoms with Gasteiger partial charge < -0.3 is 19.5 Å². The summed E-state index contributed by atoms with van der Waals surface area (Å²) in [6, 6.07) is 18.4. The number of sulfonamides is 1. The first-order chi connectivity index (χ1) is 17.2. The van der Waals surface area contributed by atoms with Crippen LogP contribution in [0.3, 0.4) is 0 Å². The van der Waals surface area contributed by atoms with Crippen molar-refractivity contribution in [1.82, 2.24) is 5.32 Å². The van der Waals surface area contributed by atoms with E-state index in [1.54, 1.807) is 24.3 Å². The number of benzene rings is 3. The van der Waals surface area contributed by atoms with E-state index in [0.717, 1.165) is 21.2 Å². The van der Waals surface area contributed by atoms with Crippen molar-refractivity contribution in [3.63, 3.8) is 0 Å². The van der Waals surface area contributed by atoms with Gasteiger partial charge in [0.15, 0.2) is 11.5 Å². The van der Waals surface area contributed by atoms with Gasteiger partial charge in [0.05, 0.1) is 37.5 Å². The Morgan fingerprint density at radius 3 is 2.17 bits per heavy atom. The molecule has 1 N–H and O–H groups in total. The molecule has 0 aliphatic carbocycles. The highest BCUT2D eigenvalue weighted by atomic mass is 32.2. The second-order valence-electron chi connectivity index (χ2n) is 8.16. The predicted octanol–water partition coefficient (Wildman–Crippen LogP) is 4.48. The maximum atomic E-state index is 13.7. The quantitative estimate of drug-likeness (QED) is 0.407. The molecule has 0 aromatic heterocycles. The van der Waals surface area contributed by atoms with E-state index >= 15 is 0 Å². The summed E-state index contributed by atoms with van der Waals surface area (Å²) in [5.41, 5.74) is 2.21. The summed E-state index contributed by atoms with van der Waals surface area (Å²) in [4.78, 5) is 13.0. The van der Waals surface area contributed by atoms with Gasteiger partial charge in [-0.2, -0.15) is 0 Å². The van der Waals surface area contributed by atoms with Crippen LogP contribution in [0.5, 0.6) is 17.2 Å². The van der Waals surface area contributed by atoms with E-state index in [0.29, 0.717) is 18.0 Å². The number of rotatable bonds is 11. The number of amides is 1. The Hall–Kier alpha value is -3.72. The predicted molar refractivity (Wildman–Crippen MR) is 139 cm³/mol. The van der Waals surface area contributed by atoms with Crippen molar-refractivity contribution in [1.29, 1.82) is 0 Å². The average molecular weight is 513 g/mol. The first kappa shape index (κ1) is 26.9. The van der Waals surface area contributed by atoms with Crippen molar-refractivity contribution in [3.8, 4) is 17.2 Å². The van der Waals surface area contributed by atoms with Gasteiger partial charge in [0.1, 0.15) is 12.3 Å². The number of aryl methyl sites for hydroxylation is 1. The van der Waals surface area contributed by atoms with E-state index in [2.05, 4.69) is 5.32 Å². The van der Waals surface area contributed by atoms with Gasteiger partial charge in [-0.15, -0.1) is 0 Å². The van der Waals surface area contributed by atoms with Crippen LogP contribution in [-0.4, -0.2) is 41.7 Å². The third-order valence-corrected chi connectivity index (χ3v) is 7.39. The molecule has 0 radical (unpaired) electrons. The van der Waals surface area contributed by atoms with Gasteiger partial charge in [-0.3, -0.25) is 9.10 Å². The van der Waals surface area contributed by atoms with Crippen LogP contribution in [0.15, 0.2) is 71.6 Å². The summed E-state index contributed by atoms with van der Waals surface area (Å²) in [5.74, 6) is 0.976. The lowest BCUT2D eigenvalue weighted by atomic mass is 10.1. The van der Waals surface area contributed by atoms with Gasteiger partial charge in [0.2, 0.25) is 5.91 Å². The maximum Gasteiger partial charge on any atom is 0.264 e. The van der Waals surface area contributed by atoms with Crippen LogP contribution < -0.4 is 23.8 Å². The Morgan fingerprint density at radius 1 is 0.944 bits per heavy atom. The molecule has 0 spiro atoms. The molecule has 0 saturated carbocycles. The highest BCUT2D eigenvalue weighted by Gasteiger charge is 2.29. The highest BCUT2D eigenvalue weighted by molar-refractivity contribution is 7.92. The SMILES string of the molecule is CCOc1ccc(C(C)NC(=O)CN(c2ccc(C)cc2)S(=O)(=O)c2ccc(OC)c(OC)c2)cc1. The zero-order chi connectivity index (χ0) is 26.3. The minimum absolute atomic E-state index is 0.0203. The molecule has 3 aromatic carbocycles. The fourth-order valence-electron chi connectivity index (χ4n) is 3.65. The summed E-state index contributed by atoms with van der Waals surface area (Å²) in [7, 11) is -1.21. The Labute approximate surface area is 212 Å². The van der Waals surface area contributed by atoms with Crippen LogP contribution in [0, 0.1) is 6.92 Å². The minimum Gasteiger partial charge on any atom is -0.494 e. The zero-order valence-corrected chi connectivity index (χ0v) is 22.0. The second kappa shape index (κ2) is 11.8. The Morgan fingerprint density at radius 2 is 1.58 bits per heavy atom. The molecular weight excluding hydrogens is 480 g/mol. The lowest BCUT2D eigenvalue weighted by Gasteiger charge is -2.25. The molecular formula is C27H32N2O6S. The van der Waals surface area contributed by atoms with Crippen LogP contribution >= 0.6 is 0 Å². The Kier molecular flexibility index (Phi) is 8.82. The number of anilines is 1. The summed E-state index contributed by atoms with van der Waals surface area (Å²) in [6.07, 6.45) is 0. The first-order valence-corrected chi connectivity index (χ1v) is 13.0. The molecule has 1 atom stereocenters. The van der Waals surface area contributed by atoms with Crippen LogP contribution in [-0.2, 0) is 14.8 Å². The Balaban J connectivity index is 1.88. The van der Waals surface area contributed by atoms with Gasteiger partial charge in [-0.25, -0.2) is 8.42 Å². The van der Waals surface area contributed by atoms with Gasteiger partial charge in [-0.1, -0.05) is 29.8 Å². The molecule has 8 nitrogen and oxygen atoms in total. The largest absolute Gasteiger partial charge is 0.494 e. The van der Waals surface area contributed by atoms with Crippen LogP contribution in [0.2, 0.25) is 0 Å². The van der Waals surface area contributed by atoms with Crippen molar-refractivity contribution < 1.29 is 27.4 Å². The average Bonchev–Trinajstić information content (AvgIpc) is 2.88. The molecule has 0 aliphatic heterocycles. The van der Waals surface area contributed by atoms with E-state index in [1.807, 2.05) is 45.0 Å². The molecule has 3 aromatic rings. The lowest BCUT2D eigenvalue weighted by Crippen LogP contribution is -2.41. The summed E-state index contributed by atoms with van der Waals surface area (Å²) in [5, 5.41) is 2.89. The summed E-state index contributed by atoms with van der Waals surface area (Å²) >= 11 is 0. The van der Waals surface area contributed by atoms with Gasteiger partial charge in [0.25, 0.3) is 10.0 Å². The van der Waals surface area contributed by atoms with Crippen molar-refractivity contribution >= 4 is 21.6 Å². The number of nitrogens with zero attached hydrogens (tertiary/aromatic N) is 1. The molecule has 0 aliphatic rings. The fourth-order valence-corrected chi connectivity index (χ4v) is 5.09. The molecule has 192 valence electrons. The molecule has 0 fully saturated rings. The Bertz CT molecular complexity index is 1270. The van der Waals surface area contributed by atoms with Crippen molar-refractivity contribution in [2.75, 3.05) is 31.7 Å². The lowest BCUT2D eigenvalue weighted by molar-refractivity contribution is -0.120. The minimum atomic E-state index is -4.11. The molecule has 36 heavy (non-hydrogen) atoms. The summed E-state index contributed by atoms with van der Waals surface area (Å²) < 4.78 is 44.5. The van der Waals surface area contributed by atoms with E-state index in [1.165, 1.54) is 32.4 Å². The third-order valence-electron chi connectivity index (χ3n) is 5.62. The number of carbonyl (C=O) groups is 1. The van der Waals surface area contributed by atoms with E-state index in [-0.39, 0.29) is 16.7 Å². The molecule has 9 heteroatoms.